The highest BCUT2D eigenvalue weighted by atomic mass is 19.4. The molecule has 2 atom stereocenters. The number of rotatable bonds is 6. The SMILES string of the molecule is O=C(O)C1=CN2C(=CC1)c1ccccc1C1C(OCCCOC(F)(F)F)CCN12. The summed E-state index contributed by atoms with van der Waals surface area (Å²) in [7, 11) is 0. The van der Waals surface area contributed by atoms with Crippen molar-refractivity contribution < 1.29 is 32.5 Å². The summed E-state index contributed by atoms with van der Waals surface area (Å²) in [6.07, 6.45) is -0.0692. The number of alkyl halides is 3. The minimum Gasteiger partial charge on any atom is -0.478 e. The Morgan fingerprint density at radius 1 is 1.24 bits per heavy atom. The normalized spacial score (nSPS) is 23.8. The Labute approximate surface area is 165 Å². The molecule has 3 heterocycles. The third-order valence-electron chi connectivity index (χ3n) is 5.35. The Hall–Kier alpha value is -2.36. The molecular weight excluding hydrogens is 389 g/mol. The van der Waals surface area contributed by atoms with Gasteiger partial charge in [-0.25, -0.2) is 9.80 Å². The van der Waals surface area contributed by atoms with E-state index in [0.717, 1.165) is 16.8 Å². The number of hydrogen-bond acceptors (Lipinski definition) is 5. The van der Waals surface area contributed by atoms with Crippen molar-refractivity contribution in [3.05, 3.63) is 53.2 Å². The maximum Gasteiger partial charge on any atom is 0.522 e. The van der Waals surface area contributed by atoms with Crippen LogP contribution in [-0.4, -0.2) is 53.3 Å². The molecule has 9 heteroatoms. The van der Waals surface area contributed by atoms with E-state index in [1.165, 1.54) is 0 Å². The number of carboxylic acids is 1. The summed E-state index contributed by atoms with van der Waals surface area (Å²) in [5.41, 5.74) is 3.35. The standard InChI is InChI=1S/C20H21F3N2O4/c21-20(22,23)29-11-3-10-28-17-8-9-24-18(17)15-5-2-1-4-14(15)16-7-6-13(19(26)27)12-25(16)24/h1-2,4-5,7,12,17-18H,3,6,8-11H2,(H,26,27). The van der Waals surface area contributed by atoms with E-state index < -0.39 is 18.9 Å². The van der Waals surface area contributed by atoms with Gasteiger partial charge in [-0.1, -0.05) is 30.3 Å². The molecule has 1 saturated heterocycles. The number of allylic oxidation sites excluding steroid dienone is 1. The number of hydrazine groups is 1. The van der Waals surface area contributed by atoms with Gasteiger partial charge in [0.15, 0.2) is 0 Å². The number of carbonyl (C=O) groups is 1. The summed E-state index contributed by atoms with van der Waals surface area (Å²) >= 11 is 0. The predicted octanol–water partition coefficient (Wildman–Crippen LogP) is 3.69. The Bertz CT molecular complexity index is 852. The van der Waals surface area contributed by atoms with Crippen molar-refractivity contribution in [2.75, 3.05) is 19.8 Å². The first kappa shape index (κ1) is 19.9. The molecule has 2 unspecified atom stereocenters. The van der Waals surface area contributed by atoms with Gasteiger partial charge in [0, 0.05) is 31.3 Å². The number of ether oxygens (including phenoxy) is 2. The fraction of sp³-hybridized carbons (Fsp3) is 0.450. The van der Waals surface area contributed by atoms with Crippen LogP contribution in [0, 0.1) is 0 Å². The van der Waals surface area contributed by atoms with Crippen LogP contribution in [0.1, 0.15) is 36.4 Å². The fourth-order valence-electron chi connectivity index (χ4n) is 4.15. The first-order valence-electron chi connectivity index (χ1n) is 9.46. The number of aliphatic carboxylic acids is 1. The number of hydrogen-bond donors (Lipinski definition) is 1. The van der Waals surface area contributed by atoms with Crippen LogP contribution >= 0.6 is 0 Å². The largest absolute Gasteiger partial charge is 0.522 e. The van der Waals surface area contributed by atoms with Crippen molar-refractivity contribution in [2.45, 2.75) is 37.8 Å². The average Bonchev–Trinajstić information content (AvgIpc) is 3.11. The number of nitrogens with zero attached hydrogens (tertiary/aromatic N) is 2. The molecule has 1 aromatic rings. The molecule has 3 aliphatic rings. The molecule has 156 valence electrons. The number of halogens is 3. The minimum absolute atomic E-state index is 0.128. The van der Waals surface area contributed by atoms with Crippen molar-refractivity contribution in [1.82, 2.24) is 10.0 Å². The van der Waals surface area contributed by atoms with Crippen LogP contribution in [0.4, 0.5) is 13.2 Å². The van der Waals surface area contributed by atoms with Gasteiger partial charge in [0.25, 0.3) is 0 Å². The van der Waals surface area contributed by atoms with Crippen molar-refractivity contribution in [3.8, 4) is 0 Å². The molecule has 4 rings (SSSR count). The molecule has 3 aliphatic heterocycles. The lowest BCUT2D eigenvalue weighted by Gasteiger charge is -2.45. The number of fused-ring (bicyclic) bond motifs is 6. The summed E-state index contributed by atoms with van der Waals surface area (Å²) in [5, 5.41) is 13.3. The van der Waals surface area contributed by atoms with Crippen molar-refractivity contribution >= 4 is 11.7 Å². The van der Waals surface area contributed by atoms with E-state index in [1.807, 2.05) is 35.4 Å². The van der Waals surface area contributed by atoms with Crippen LogP contribution in [0.15, 0.2) is 42.1 Å². The van der Waals surface area contributed by atoms with E-state index in [-0.39, 0.29) is 25.2 Å². The number of benzene rings is 1. The second-order valence-electron chi connectivity index (χ2n) is 7.14. The highest BCUT2D eigenvalue weighted by molar-refractivity contribution is 5.88. The zero-order valence-corrected chi connectivity index (χ0v) is 15.6. The molecule has 1 N–H and O–H groups in total. The van der Waals surface area contributed by atoms with Gasteiger partial charge in [0.2, 0.25) is 0 Å². The van der Waals surface area contributed by atoms with Gasteiger partial charge in [0.05, 0.1) is 30.0 Å². The summed E-state index contributed by atoms with van der Waals surface area (Å²) < 4.78 is 46.0. The lowest BCUT2D eigenvalue weighted by molar-refractivity contribution is -0.325. The van der Waals surface area contributed by atoms with E-state index in [0.29, 0.717) is 25.0 Å². The lowest BCUT2D eigenvalue weighted by atomic mass is 9.91. The molecular formula is C20H21F3N2O4. The molecule has 1 aromatic carbocycles. The van der Waals surface area contributed by atoms with E-state index in [4.69, 9.17) is 4.74 Å². The predicted molar refractivity (Wildman–Crippen MR) is 97.0 cm³/mol. The van der Waals surface area contributed by atoms with E-state index in [9.17, 15) is 23.1 Å². The minimum atomic E-state index is -4.63. The highest BCUT2D eigenvalue weighted by Crippen LogP contribution is 2.47. The van der Waals surface area contributed by atoms with Gasteiger partial charge < -0.3 is 9.84 Å². The summed E-state index contributed by atoms with van der Waals surface area (Å²) in [6, 6.07) is 7.77. The van der Waals surface area contributed by atoms with Crippen LogP contribution in [0.3, 0.4) is 0 Å². The summed E-state index contributed by atoms with van der Waals surface area (Å²) in [6.45, 7) is 0.376. The first-order chi connectivity index (χ1) is 13.8. The molecule has 6 nitrogen and oxygen atoms in total. The van der Waals surface area contributed by atoms with Gasteiger partial charge >= 0.3 is 12.3 Å². The molecule has 1 fully saturated rings. The smallest absolute Gasteiger partial charge is 0.478 e. The highest BCUT2D eigenvalue weighted by Gasteiger charge is 2.45. The molecule has 0 aromatic heterocycles. The fourth-order valence-corrected chi connectivity index (χ4v) is 4.15. The first-order valence-corrected chi connectivity index (χ1v) is 9.46. The zero-order valence-electron chi connectivity index (χ0n) is 15.6. The summed E-state index contributed by atoms with van der Waals surface area (Å²) in [5.74, 6) is -0.952. The topological polar surface area (TPSA) is 62.2 Å². The quantitative estimate of drug-likeness (QED) is 0.722. The molecule has 0 bridgehead atoms. The van der Waals surface area contributed by atoms with Gasteiger partial charge in [-0.3, -0.25) is 9.75 Å². The third-order valence-corrected chi connectivity index (χ3v) is 5.35. The molecule has 0 radical (unpaired) electrons. The molecule has 0 saturated carbocycles. The average molecular weight is 410 g/mol. The van der Waals surface area contributed by atoms with Crippen LogP contribution in [0.2, 0.25) is 0 Å². The molecule has 29 heavy (non-hydrogen) atoms. The van der Waals surface area contributed by atoms with E-state index in [1.54, 1.807) is 6.20 Å². The third kappa shape index (κ3) is 4.03. The van der Waals surface area contributed by atoms with Crippen molar-refractivity contribution in [3.63, 3.8) is 0 Å². The van der Waals surface area contributed by atoms with Crippen LogP contribution in [0.25, 0.3) is 5.70 Å². The van der Waals surface area contributed by atoms with Gasteiger partial charge in [-0.2, -0.15) is 0 Å². The van der Waals surface area contributed by atoms with E-state index in [2.05, 4.69) is 9.75 Å². The Morgan fingerprint density at radius 2 is 2.03 bits per heavy atom. The van der Waals surface area contributed by atoms with Gasteiger partial charge in [-0.05, 0) is 18.4 Å². The second-order valence-corrected chi connectivity index (χ2v) is 7.14. The lowest BCUT2D eigenvalue weighted by Crippen LogP contribution is -2.44. The van der Waals surface area contributed by atoms with Gasteiger partial charge in [-0.15, -0.1) is 13.2 Å². The Kier molecular flexibility index (Phi) is 5.37. The maximum absolute atomic E-state index is 12.1. The van der Waals surface area contributed by atoms with Crippen LogP contribution in [0.5, 0.6) is 0 Å². The molecule has 0 amide bonds. The zero-order chi connectivity index (χ0) is 20.6. The van der Waals surface area contributed by atoms with Crippen molar-refractivity contribution in [1.29, 1.82) is 0 Å². The van der Waals surface area contributed by atoms with Crippen molar-refractivity contribution in [2.24, 2.45) is 0 Å². The van der Waals surface area contributed by atoms with Gasteiger partial charge in [0.1, 0.15) is 0 Å². The summed E-state index contributed by atoms with van der Waals surface area (Å²) in [4.78, 5) is 11.4. The molecule has 0 aliphatic carbocycles. The Balaban J connectivity index is 1.52. The monoisotopic (exact) mass is 410 g/mol. The maximum atomic E-state index is 12.1. The molecule has 0 spiro atoms. The number of carboxylic acid groups (broad SMARTS) is 1. The van der Waals surface area contributed by atoms with Crippen LogP contribution in [-0.2, 0) is 14.3 Å². The van der Waals surface area contributed by atoms with E-state index >= 15 is 0 Å². The van der Waals surface area contributed by atoms with Crippen LogP contribution < -0.4 is 0 Å². The second kappa shape index (κ2) is 7.81. The Morgan fingerprint density at radius 3 is 2.79 bits per heavy atom.